The molecule has 0 saturated carbocycles. The normalized spacial score (nSPS) is 10.1. The molecule has 17 heavy (non-hydrogen) atoms. The Kier molecular flexibility index (Phi) is 3.44. The number of halogens is 1. The molecule has 0 unspecified atom stereocenters. The average Bonchev–Trinajstić information content (AvgIpc) is 2.34. The summed E-state index contributed by atoms with van der Waals surface area (Å²) in [7, 11) is 1.78. The minimum absolute atomic E-state index is 0.433. The van der Waals surface area contributed by atoms with Crippen LogP contribution in [-0.2, 0) is 0 Å². The summed E-state index contributed by atoms with van der Waals surface area (Å²) in [5.74, 6) is 1.77. The van der Waals surface area contributed by atoms with Gasteiger partial charge in [0.05, 0.1) is 12.4 Å². The molecule has 5 heteroatoms. The van der Waals surface area contributed by atoms with Gasteiger partial charge >= 0.3 is 0 Å². The van der Waals surface area contributed by atoms with Crippen molar-refractivity contribution in [3.63, 3.8) is 0 Å². The Balaban J connectivity index is 2.27. The number of hydrogen-bond acceptors (Lipinski definition) is 4. The maximum atomic E-state index is 5.91. The van der Waals surface area contributed by atoms with E-state index in [-0.39, 0.29) is 0 Å². The Morgan fingerprint density at radius 2 is 2.12 bits per heavy atom. The Hall–Kier alpha value is -1.81. The molecule has 2 rings (SSSR count). The highest BCUT2D eigenvalue weighted by molar-refractivity contribution is 6.30. The number of aryl methyl sites for hydroxylation is 1. The summed E-state index contributed by atoms with van der Waals surface area (Å²) in [4.78, 5) is 8.24. The van der Waals surface area contributed by atoms with Crippen LogP contribution in [0.1, 0.15) is 5.56 Å². The fourth-order valence-electron chi connectivity index (χ4n) is 1.31. The molecule has 1 aromatic carbocycles. The van der Waals surface area contributed by atoms with Crippen LogP contribution in [0.25, 0.3) is 0 Å². The minimum atomic E-state index is 0.433. The summed E-state index contributed by atoms with van der Waals surface area (Å²) < 4.78 is 5.63. The van der Waals surface area contributed by atoms with E-state index in [1.165, 1.54) is 0 Å². The Morgan fingerprint density at radius 3 is 2.88 bits per heavy atom. The van der Waals surface area contributed by atoms with E-state index in [4.69, 9.17) is 16.3 Å². The third kappa shape index (κ3) is 2.85. The molecule has 0 fully saturated rings. The Bertz CT molecular complexity index is 531. The Morgan fingerprint density at radius 1 is 1.29 bits per heavy atom. The zero-order valence-electron chi connectivity index (χ0n) is 9.57. The van der Waals surface area contributed by atoms with Crippen molar-refractivity contribution in [3.05, 3.63) is 41.2 Å². The van der Waals surface area contributed by atoms with Gasteiger partial charge in [0.15, 0.2) is 0 Å². The molecule has 0 atom stereocenters. The molecule has 0 aliphatic rings. The van der Waals surface area contributed by atoms with Gasteiger partial charge in [0.2, 0.25) is 5.88 Å². The smallest absolute Gasteiger partial charge is 0.239 e. The predicted molar refractivity (Wildman–Crippen MR) is 67.8 cm³/mol. The van der Waals surface area contributed by atoms with E-state index in [2.05, 4.69) is 15.3 Å². The van der Waals surface area contributed by atoms with Gasteiger partial charge in [0, 0.05) is 12.1 Å². The summed E-state index contributed by atoms with van der Waals surface area (Å²) in [5.41, 5.74) is 0.992. The molecule has 4 nitrogen and oxygen atoms in total. The molecule has 1 heterocycles. The molecule has 88 valence electrons. The molecule has 0 bridgehead atoms. The van der Waals surface area contributed by atoms with Crippen LogP contribution in [0.3, 0.4) is 0 Å². The summed E-state index contributed by atoms with van der Waals surface area (Å²) in [5, 5.41) is 3.53. The number of hydrogen-bond donors (Lipinski definition) is 1. The number of ether oxygens (including phenoxy) is 1. The highest BCUT2D eigenvalue weighted by atomic mass is 35.5. The number of anilines is 1. The molecule has 0 radical (unpaired) electrons. The van der Waals surface area contributed by atoms with Gasteiger partial charge in [-0.3, -0.25) is 4.98 Å². The van der Waals surface area contributed by atoms with Crippen LogP contribution in [0.5, 0.6) is 11.6 Å². The summed E-state index contributed by atoms with van der Waals surface area (Å²) in [6.45, 7) is 1.95. The second-order valence-corrected chi connectivity index (χ2v) is 3.94. The first-order valence-electron chi connectivity index (χ1n) is 5.13. The van der Waals surface area contributed by atoms with E-state index in [1.54, 1.807) is 25.5 Å². The van der Waals surface area contributed by atoms with Crippen LogP contribution in [0.2, 0.25) is 5.02 Å². The van der Waals surface area contributed by atoms with Crippen molar-refractivity contribution in [2.75, 3.05) is 12.4 Å². The van der Waals surface area contributed by atoms with Gasteiger partial charge in [0.25, 0.3) is 0 Å². The first-order valence-corrected chi connectivity index (χ1v) is 5.50. The van der Waals surface area contributed by atoms with Gasteiger partial charge in [0.1, 0.15) is 11.6 Å². The largest absolute Gasteiger partial charge is 0.437 e. The minimum Gasteiger partial charge on any atom is -0.437 e. The first kappa shape index (κ1) is 11.7. The summed E-state index contributed by atoms with van der Waals surface area (Å²) >= 11 is 5.91. The molecule has 0 saturated heterocycles. The van der Waals surface area contributed by atoms with Gasteiger partial charge in [-0.2, -0.15) is 4.98 Å². The SMILES string of the molecule is CNc1cncc(Oc2cc(Cl)ccc2C)n1. The first-order chi connectivity index (χ1) is 8.19. The molecule has 0 aliphatic heterocycles. The summed E-state index contributed by atoms with van der Waals surface area (Å²) in [6, 6.07) is 5.47. The van der Waals surface area contributed by atoms with Gasteiger partial charge in [-0.15, -0.1) is 0 Å². The van der Waals surface area contributed by atoms with Crippen LogP contribution >= 0.6 is 11.6 Å². The molecule has 0 aliphatic carbocycles. The van der Waals surface area contributed by atoms with Crippen molar-refractivity contribution in [2.45, 2.75) is 6.92 Å². The van der Waals surface area contributed by atoms with Crippen LogP contribution < -0.4 is 10.1 Å². The second kappa shape index (κ2) is 5.01. The molecule has 0 spiro atoms. The van der Waals surface area contributed by atoms with E-state index < -0.39 is 0 Å². The number of aromatic nitrogens is 2. The number of nitrogens with one attached hydrogen (secondary N) is 1. The molecule has 1 aromatic heterocycles. The van der Waals surface area contributed by atoms with Crippen LogP contribution in [0.4, 0.5) is 5.82 Å². The fourth-order valence-corrected chi connectivity index (χ4v) is 1.48. The van der Waals surface area contributed by atoms with Crippen molar-refractivity contribution in [1.29, 1.82) is 0 Å². The number of nitrogens with zero attached hydrogens (tertiary/aromatic N) is 2. The van der Waals surface area contributed by atoms with E-state index in [9.17, 15) is 0 Å². The monoisotopic (exact) mass is 249 g/mol. The number of benzene rings is 1. The molecule has 0 amide bonds. The van der Waals surface area contributed by atoms with E-state index in [1.807, 2.05) is 19.1 Å². The second-order valence-electron chi connectivity index (χ2n) is 3.50. The molecule has 1 N–H and O–H groups in total. The van der Waals surface area contributed by atoms with Crippen molar-refractivity contribution in [3.8, 4) is 11.6 Å². The average molecular weight is 250 g/mol. The van der Waals surface area contributed by atoms with Crippen molar-refractivity contribution in [2.24, 2.45) is 0 Å². The van der Waals surface area contributed by atoms with E-state index in [0.29, 0.717) is 22.5 Å². The van der Waals surface area contributed by atoms with Crippen LogP contribution in [-0.4, -0.2) is 17.0 Å². The highest BCUT2D eigenvalue weighted by Gasteiger charge is 2.04. The summed E-state index contributed by atoms with van der Waals surface area (Å²) in [6.07, 6.45) is 3.18. The maximum Gasteiger partial charge on any atom is 0.239 e. The lowest BCUT2D eigenvalue weighted by atomic mass is 10.2. The third-order valence-corrected chi connectivity index (χ3v) is 2.47. The Labute approximate surface area is 105 Å². The lowest BCUT2D eigenvalue weighted by Gasteiger charge is -2.08. The lowest BCUT2D eigenvalue weighted by molar-refractivity contribution is 0.457. The van der Waals surface area contributed by atoms with Gasteiger partial charge < -0.3 is 10.1 Å². The topological polar surface area (TPSA) is 47.0 Å². The number of rotatable bonds is 3. The predicted octanol–water partition coefficient (Wildman–Crippen LogP) is 3.27. The maximum absolute atomic E-state index is 5.91. The van der Waals surface area contributed by atoms with Gasteiger partial charge in [-0.05, 0) is 24.6 Å². The standard InChI is InChI=1S/C12H12ClN3O/c1-8-3-4-9(13)5-10(8)17-12-7-15-6-11(14-2)16-12/h3-7H,1-2H3,(H,14,16). The lowest BCUT2D eigenvalue weighted by Crippen LogP contribution is -1.96. The zero-order valence-corrected chi connectivity index (χ0v) is 10.3. The van der Waals surface area contributed by atoms with Gasteiger partial charge in [-0.1, -0.05) is 17.7 Å². The van der Waals surface area contributed by atoms with E-state index >= 15 is 0 Å². The van der Waals surface area contributed by atoms with Crippen LogP contribution in [0, 0.1) is 6.92 Å². The fraction of sp³-hybridized carbons (Fsp3) is 0.167. The molecule has 2 aromatic rings. The zero-order chi connectivity index (χ0) is 12.3. The van der Waals surface area contributed by atoms with Crippen molar-refractivity contribution in [1.82, 2.24) is 9.97 Å². The van der Waals surface area contributed by atoms with Crippen molar-refractivity contribution >= 4 is 17.4 Å². The van der Waals surface area contributed by atoms with Gasteiger partial charge in [-0.25, -0.2) is 0 Å². The quantitative estimate of drug-likeness (QED) is 0.907. The molecular weight excluding hydrogens is 238 g/mol. The molecular formula is C12H12ClN3O. The van der Waals surface area contributed by atoms with Crippen molar-refractivity contribution < 1.29 is 4.74 Å². The highest BCUT2D eigenvalue weighted by Crippen LogP contribution is 2.26. The van der Waals surface area contributed by atoms with E-state index in [0.717, 1.165) is 5.56 Å². The van der Waals surface area contributed by atoms with Crippen LogP contribution in [0.15, 0.2) is 30.6 Å². The third-order valence-electron chi connectivity index (χ3n) is 2.23.